The van der Waals surface area contributed by atoms with Crippen LogP contribution in [0, 0.1) is 6.92 Å². The number of rotatable bonds is 7. The maximum atomic E-state index is 12.4. The molecule has 1 atom stereocenters. The Morgan fingerprint density at radius 1 is 1.21 bits per heavy atom. The number of fused-ring (bicyclic) bond motifs is 1. The van der Waals surface area contributed by atoms with E-state index in [1.54, 1.807) is 0 Å². The van der Waals surface area contributed by atoms with E-state index < -0.39 is 0 Å². The van der Waals surface area contributed by atoms with Crippen LogP contribution in [0.1, 0.15) is 18.1 Å². The van der Waals surface area contributed by atoms with Gasteiger partial charge in [-0.2, -0.15) is 0 Å². The minimum absolute atomic E-state index is 0.0590. The fraction of sp³-hybridized carbons (Fsp3) is 0.250. The van der Waals surface area contributed by atoms with Crippen molar-refractivity contribution in [2.45, 2.75) is 30.0 Å². The van der Waals surface area contributed by atoms with Gasteiger partial charge in [-0.1, -0.05) is 47.4 Å². The predicted octanol–water partition coefficient (Wildman–Crippen LogP) is 4.12. The van der Waals surface area contributed by atoms with E-state index in [0.29, 0.717) is 17.4 Å². The average Bonchev–Trinajstić information content (AvgIpc) is 3.36. The summed E-state index contributed by atoms with van der Waals surface area (Å²) in [6.45, 7) is 4.55. The van der Waals surface area contributed by atoms with Crippen LogP contribution in [0.3, 0.4) is 0 Å². The van der Waals surface area contributed by atoms with Gasteiger partial charge in [0.25, 0.3) is 0 Å². The number of hydrogen-bond donors (Lipinski definition) is 2. The summed E-state index contributed by atoms with van der Waals surface area (Å²) in [5.74, 6) is 1.38. The van der Waals surface area contributed by atoms with E-state index in [4.69, 9.17) is 9.47 Å². The number of nitrogens with zero attached hydrogens (tertiary/aromatic N) is 2. The zero-order chi connectivity index (χ0) is 20.2. The predicted molar refractivity (Wildman–Crippen MR) is 114 cm³/mol. The van der Waals surface area contributed by atoms with E-state index in [2.05, 4.69) is 20.8 Å². The van der Waals surface area contributed by atoms with Crippen molar-refractivity contribution < 1.29 is 14.3 Å². The van der Waals surface area contributed by atoms with Crippen LogP contribution in [0.25, 0.3) is 0 Å². The maximum absolute atomic E-state index is 12.4. The van der Waals surface area contributed by atoms with Crippen LogP contribution in [-0.2, 0) is 11.3 Å². The van der Waals surface area contributed by atoms with Crippen LogP contribution < -0.4 is 20.1 Å². The number of carbonyl (C=O) groups excluding carboxylic acids is 1. The van der Waals surface area contributed by atoms with Gasteiger partial charge in [0.2, 0.25) is 17.8 Å². The van der Waals surface area contributed by atoms with Crippen LogP contribution in [0.15, 0.2) is 46.8 Å². The molecule has 2 N–H and O–H groups in total. The molecular weight excluding hydrogens is 408 g/mol. The number of aryl methyl sites for hydroxylation is 1. The molecule has 29 heavy (non-hydrogen) atoms. The number of ether oxygens (including phenoxy) is 2. The molecule has 9 heteroatoms. The summed E-state index contributed by atoms with van der Waals surface area (Å²) in [7, 11) is 0. The highest BCUT2D eigenvalue weighted by molar-refractivity contribution is 8.02. The Hall–Kier alpha value is -2.78. The first-order chi connectivity index (χ1) is 14.1. The normalized spacial score (nSPS) is 13.2. The van der Waals surface area contributed by atoms with Crippen molar-refractivity contribution in [1.29, 1.82) is 0 Å². The summed E-state index contributed by atoms with van der Waals surface area (Å²) in [6.07, 6.45) is 0. The van der Waals surface area contributed by atoms with Gasteiger partial charge < -0.3 is 20.1 Å². The molecule has 0 radical (unpaired) electrons. The van der Waals surface area contributed by atoms with E-state index >= 15 is 0 Å². The number of benzene rings is 2. The molecule has 4 rings (SSSR count). The third kappa shape index (κ3) is 4.80. The molecule has 0 unspecified atom stereocenters. The fourth-order valence-corrected chi connectivity index (χ4v) is 4.66. The highest BCUT2D eigenvalue weighted by Crippen LogP contribution is 2.33. The SMILES string of the molecule is Cc1ccccc1Nc1nnc(S[C@H](C)C(=O)NCc2ccc3c(c2)OCO3)s1. The van der Waals surface area contributed by atoms with Crippen molar-refractivity contribution in [3.8, 4) is 11.5 Å². The molecule has 0 spiro atoms. The minimum atomic E-state index is -0.289. The van der Waals surface area contributed by atoms with Crippen molar-refractivity contribution in [3.05, 3.63) is 53.6 Å². The lowest BCUT2D eigenvalue weighted by Gasteiger charge is -2.10. The number of aromatic nitrogens is 2. The number of amides is 1. The van der Waals surface area contributed by atoms with E-state index in [1.807, 2.05) is 56.3 Å². The summed E-state index contributed by atoms with van der Waals surface area (Å²) < 4.78 is 11.4. The van der Waals surface area contributed by atoms with Crippen LogP contribution in [0.4, 0.5) is 10.8 Å². The van der Waals surface area contributed by atoms with Gasteiger partial charge in [0.15, 0.2) is 15.8 Å². The third-order valence-corrected chi connectivity index (χ3v) is 6.37. The van der Waals surface area contributed by atoms with E-state index in [9.17, 15) is 4.79 Å². The first-order valence-corrected chi connectivity index (χ1v) is 10.8. The first-order valence-electron chi connectivity index (χ1n) is 9.07. The molecule has 2 aromatic carbocycles. The lowest BCUT2D eigenvalue weighted by Crippen LogP contribution is -2.30. The Labute approximate surface area is 176 Å². The molecule has 0 saturated carbocycles. The number of para-hydroxylation sites is 1. The van der Waals surface area contributed by atoms with E-state index in [1.165, 1.54) is 23.1 Å². The molecule has 0 aliphatic carbocycles. The Morgan fingerprint density at radius 3 is 2.90 bits per heavy atom. The van der Waals surface area contributed by atoms with Crippen molar-refractivity contribution in [2.75, 3.05) is 12.1 Å². The molecule has 0 fully saturated rings. The molecule has 0 saturated heterocycles. The maximum Gasteiger partial charge on any atom is 0.233 e. The molecule has 1 aliphatic rings. The van der Waals surface area contributed by atoms with Gasteiger partial charge >= 0.3 is 0 Å². The topological polar surface area (TPSA) is 85.4 Å². The van der Waals surface area contributed by atoms with Crippen LogP contribution in [-0.4, -0.2) is 28.1 Å². The van der Waals surface area contributed by atoms with Gasteiger partial charge in [-0.25, -0.2) is 0 Å². The first kappa shape index (κ1) is 19.5. The second kappa shape index (κ2) is 8.71. The molecule has 0 bridgehead atoms. The van der Waals surface area contributed by atoms with Gasteiger partial charge in [0, 0.05) is 12.2 Å². The summed E-state index contributed by atoms with van der Waals surface area (Å²) in [5, 5.41) is 15.0. The standard InChI is InChI=1S/C20H20N4O3S2/c1-12-5-3-4-6-15(12)22-19-23-24-20(29-19)28-13(2)18(25)21-10-14-7-8-16-17(9-14)27-11-26-16/h3-9,13H,10-11H2,1-2H3,(H,21,25)(H,22,23)/t13-/m1/s1. The van der Waals surface area contributed by atoms with Gasteiger partial charge in [-0.05, 0) is 43.2 Å². The van der Waals surface area contributed by atoms with Crippen LogP contribution >= 0.6 is 23.1 Å². The van der Waals surface area contributed by atoms with Gasteiger partial charge in [-0.3, -0.25) is 4.79 Å². The van der Waals surface area contributed by atoms with E-state index in [0.717, 1.165) is 26.9 Å². The molecular formula is C20H20N4O3S2. The molecule has 2 heterocycles. The number of nitrogens with one attached hydrogen (secondary N) is 2. The highest BCUT2D eigenvalue weighted by Gasteiger charge is 2.18. The monoisotopic (exact) mass is 428 g/mol. The summed E-state index contributed by atoms with van der Waals surface area (Å²) in [4.78, 5) is 12.4. The quantitative estimate of drug-likeness (QED) is 0.548. The van der Waals surface area contributed by atoms with Gasteiger partial charge in [0.1, 0.15) is 0 Å². The second-order valence-corrected chi connectivity index (χ2v) is 9.04. The summed E-state index contributed by atoms with van der Waals surface area (Å²) in [5.41, 5.74) is 3.09. The smallest absolute Gasteiger partial charge is 0.233 e. The summed E-state index contributed by atoms with van der Waals surface area (Å²) in [6, 6.07) is 13.6. The van der Waals surface area contributed by atoms with Crippen LogP contribution in [0.5, 0.6) is 11.5 Å². The lowest BCUT2D eigenvalue weighted by molar-refractivity contribution is -0.120. The average molecular weight is 429 g/mol. The number of thioether (sulfide) groups is 1. The zero-order valence-electron chi connectivity index (χ0n) is 16.0. The Balaban J connectivity index is 1.30. The van der Waals surface area contributed by atoms with E-state index in [-0.39, 0.29) is 18.0 Å². The number of hydrogen-bond acceptors (Lipinski definition) is 8. The minimum Gasteiger partial charge on any atom is -0.454 e. The third-order valence-electron chi connectivity index (χ3n) is 4.34. The number of anilines is 2. The molecule has 3 aromatic rings. The van der Waals surface area contributed by atoms with Crippen molar-refractivity contribution in [2.24, 2.45) is 0 Å². The molecule has 150 valence electrons. The highest BCUT2D eigenvalue weighted by atomic mass is 32.2. The number of carbonyl (C=O) groups is 1. The molecule has 1 aromatic heterocycles. The van der Waals surface area contributed by atoms with Gasteiger partial charge in [0.05, 0.1) is 5.25 Å². The second-order valence-electron chi connectivity index (χ2n) is 6.48. The van der Waals surface area contributed by atoms with Crippen molar-refractivity contribution in [3.63, 3.8) is 0 Å². The van der Waals surface area contributed by atoms with Gasteiger partial charge in [-0.15, -0.1) is 10.2 Å². The Bertz CT molecular complexity index is 1020. The Kier molecular flexibility index (Phi) is 5.86. The van der Waals surface area contributed by atoms with Crippen LogP contribution in [0.2, 0.25) is 0 Å². The fourth-order valence-electron chi connectivity index (χ4n) is 2.72. The van der Waals surface area contributed by atoms with Crippen molar-refractivity contribution >= 4 is 39.8 Å². The zero-order valence-corrected chi connectivity index (χ0v) is 17.6. The Morgan fingerprint density at radius 2 is 2.03 bits per heavy atom. The molecule has 1 aliphatic heterocycles. The molecule has 7 nitrogen and oxygen atoms in total. The molecule has 1 amide bonds. The lowest BCUT2D eigenvalue weighted by atomic mass is 10.2. The largest absolute Gasteiger partial charge is 0.454 e. The summed E-state index contributed by atoms with van der Waals surface area (Å²) >= 11 is 2.82. The van der Waals surface area contributed by atoms with Crippen molar-refractivity contribution in [1.82, 2.24) is 15.5 Å².